The molecule has 96 valence electrons. The molecule has 0 spiro atoms. The van der Waals surface area contributed by atoms with Crippen molar-refractivity contribution in [1.82, 2.24) is 9.96 Å². The summed E-state index contributed by atoms with van der Waals surface area (Å²) in [5, 5.41) is 0. The first-order chi connectivity index (χ1) is 7.76. The zero-order chi connectivity index (χ0) is 11.9. The molecule has 1 fully saturated rings. The van der Waals surface area contributed by atoms with Gasteiger partial charge in [-0.2, -0.15) is 0 Å². The molecule has 0 bridgehead atoms. The highest BCUT2D eigenvalue weighted by Crippen LogP contribution is 2.18. The molecule has 1 aliphatic rings. The van der Waals surface area contributed by atoms with Gasteiger partial charge in [0.05, 0.1) is 0 Å². The van der Waals surface area contributed by atoms with Crippen molar-refractivity contribution in [3.63, 3.8) is 0 Å². The Kier molecular flexibility index (Phi) is 6.53. The highest BCUT2D eigenvalue weighted by atomic mass is 28.4. The van der Waals surface area contributed by atoms with E-state index in [1.54, 1.807) is 14.2 Å². The van der Waals surface area contributed by atoms with Crippen LogP contribution >= 0.6 is 0 Å². The number of hydrogen-bond acceptors (Lipinski definition) is 4. The lowest BCUT2D eigenvalue weighted by atomic mass is 9.96. The molecule has 0 radical (unpaired) electrons. The molecular weight excluding hydrogens is 220 g/mol. The fourth-order valence-corrected chi connectivity index (χ4v) is 4.40. The molecule has 0 aromatic heterocycles. The molecular formula is C11H26N2O2Si. The van der Waals surface area contributed by atoms with Gasteiger partial charge in [0.15, 0.2) is 0 Å². The molecule has 0 unspecified atom stereocenters. The summed E-state index contributed by atoms with van der Waals surface area (Å²) >= 11 is 0. The van der Waals surface area contributed by atoms with Crippen LogP contribution in [-0.4, -0.2) is 35.7 Å². The van der Waals surface area contributed by atoms with Crippen molar-refractivity contribution in [3.8, 4) is 0 Å². The molecule has 1 saturated carbocycles. The van der Waals surface area contributed by atoms with Crippen LogP contribution in [0.5, 0.6) is 0 Å². The Labute approximate surface area is 100 Å². The first kappa shape index (κ1) is 14.1. The molecule has 0 atom stereocenters. The topological polar surface area (TPSA) is 42.5 Å². The zero-order valence-corrected chi connectivity index (χ0v) is 11.8. The first-order valence-electron chi connectivity index (χ1n) is 6.39. The van der Waals surface area contributed by atoms with Gasteiger partial charge >= 0.3 is 8.88 Å². The van der Waals surface area contributed by atoms with E-state index in [9.17, 15) is 0 Å². The molecule has 5 heteroatoms. The Morgan fingerprint density at radius 2 is 1.75 bits per heavy atom. The maximum atomic E-state index is 5.59. The largest absolute Gasteiger partial charge is 0.516 e. The third-order valence-electron chi connectivity index (χ3n) is 3.18. The Morgan fingerprint density at radius 3 is 2.25 bits per heavy atom. The molecule has 16 heavy (non-hydrogen) atoms. The molecule has 1 aliphatic carbocycles. The van der Waals surface area contributed by atoms with Crippen LogP contribution in [0.4, 0.5) is 0 Å². The molecule has 4 nitrogen and oxygen atoms in total. The summed E-state index contributed by atoms with van der Waals surface area (Å²) in [5.41, 5.74) is 0. The average Bonchev–Trinajstić information content (AvgIpc) is 2.36. The molecule has 0 heterocycles. The predicted molar refractivity (Wildman–Crippen MR) is 68.1 cm³/mol. The lowest BCUT2D eigenvalue weighted by Crippen LogP contribution is -2.68. The fourth-order valence-electron chi connectivity index (χ4n) is 2.20. The minimum atomic E-state index is -2.35. The first-order valence-corrected chi connectivity index (χ1v) is 8.21. The van der Waals surface area contributed by atoms with Crippen LogP contribution in [0, 0.1) is 0 Å². The van der Waals surface area contributed by atoms with Gasteiger partial charge in [0.25, 0.3) is 0 Å². The maximum absolute atomic E-state index is 5.59. The van der Waals surface area contributed by atoms with Crippen LogP contribution in [0.25, 0.3) is 0 Å². The third kappa shape index (κ3) is 4.14. The number of rotatable bonds is 7. The van der Waals surface area contributed by atoms with E-state index >= 15 is 0 Å². The van der Waals surface area contributed by atoms with Crippen molar-refractivity contribution in [3.05, 3.63) is 0 Å². The van der Waals surface area contributed by atoms with Gasteiger partial charge in [-0.25, -0.2) is 0 Å². The van der Waals surface area contributed by atoms with E-state index in [0.717, 1.165) is 13.0 Å². The van der Waals surface area contributed by atoms with Gasteiger partial charge in [-0.15, -0.1) is 0 Å². The number of hydrogen-bond donors (Lipinski definition) is 2. The Balaban J connectivity index is 2.46. The summed E-state index contributed by atoms with van der Waals surface area (Å²) < 4.78 is 11.2. The quantitative estimate of drug-likeness (QED) is 0.670. The molecule has 0 amide bonds. The van der Waals surface area contributed by atoms with Crippen molar-refractivity contribution in [2.75, 3.05) is 20.8 Å². The zero-order valence-electron chi connectivity index (χ0n) is 10.8. The van der Waals surface area contributed by atoms with E-state index in [1.165, 1.54) is 32.1 Å². The molecule has 1 rings (SSSR count). The van der Waals surface area contributed by atoms with Gasteiger partial charge < -0.3 is 8.85 Å². The minimum Gasteiger partial charge on any atom is -0.374 e. The van der Waals surface area contributed by atoms with Crippen LogP contribution in [0.2, 0.25) is 0 Å². The second-order valence-corrected chi connectivity index (χ2v) is 7.12. The predicted octanol–water partition coefficient (Wildman–Crippen LogP) is 1.64. The molecule has 2 N–H and O–H groups in total. The summed E-state index contributed by atoms with van der Waals surface area (Å²) in [7, 11) is 1.11. The summed E-state index contributed by atoms with van der Waals surface area (Å²) in [4.78, 5) is 7.00. The monoisotopic (exact) mass is 246 g/mol. The second-order valence-electron chi connectivity index (χ2n) is 4.43. The van der Waals surface area contributed by atoms with E-state index in [0.29, 0.717) is 6.04 Å². The van der Waals surface area contributed by atoms with Crippen molar-refractivity contribution in [2.45, 2.75) is 51.5 Å². The van der Waals surface area contributed by atoms with Crippen molar-refractivity contribution in [2.24, 2.45) is 0 Å². The lowest BCUT2D eigenvalue weighted by molar-refractivity contribution is 0.200. The van der Waals surface area contributed by atoms with Crippen molar-refractivity contribution < 1.29 is 8.85 Å². The maximum Gasteiger partial charge on any atom is 0.516 e. The Morgan fingerprint density at radius 1 is 1.12 bits per heavy atom. The van der Waals surface area contributed by atoms with Gasteiger partial charge in [0, 0.05) is 20.3 Å². The summed E-state index contributed by atoms with van der Waals surface area (Å²) in [5.74, 6) is 0. The molecule has 0 aromatic carbocycles. The van der Waals surface area contributed by atoms with E-state index in [2.05, 4.69) is 16.9 Å². The molecule has 0 saturated heterocycles. The second kappa shape index (κ2) is 7.40. The van der Waals surface area contributed by atoms with E-state index in [4.69, 9.17) is 8.85 Å². The fraction of sp³-hybridized carbons (Fsp3) is 1.00. The van der Waals surface area contributed by atoms with Gasteiger partial charge in [-0.1, -0.05) is 26.2 Å². The van der Waals surface area contributed by atoms with E-state index in [-0.39, 0.29) is 0 Å². The van der Waals surface area contributed by atoms with E-state index < -0.39 is 8.88 Å². The smallest absolute Gasteiger partial charge is 0.374 e. The summed E-state index contributed by atoms with van der Waals surface area (Å²) in [6.45, 7) is 3.09. The van der Waals surface area contributed by atoms with Gasteiger partial charge in [-0.05, 0) is 25.8 Å². The lowest BCUT2D eigenvalue weighted by Gasteiger charge is -2.33. The Bertz CT molecular complexity index is 183. The Hall–Kier alpha value is 0.0569. The standard InChI is InChI=1S/C11H26N2O2Si/c1-4-10-12-16(14-2,15-3)13-11-8-6-5-7-9-11/h11-13H,4-10H2,1-3H3. The highest BCUT2D eigenvalue weighted by Gasteiger charge is 2.39. The minimum absolute atomic E-state index is 0.560. The third-order valence-corrected chi connectivity index (χ3v) is 5.84. The van der Waals surface area contributed by atoms with Gasteiger partial charge in [-0.3, -0.25) is 9.96 Å². The highest BCUT2D eigenvalue weighted by molar-refractivity contribution is 6.62. The van der Waals surface area contributed by atoms with Crippen molar-refractivity contribution in [1.29, 1.82) is 0 Å². The molecule has 0 aromatic rings. The van der Waals surface area contributed by atoms with Crippen LogP contribution in [-0.2, 0) is 8.85 Å². The number of nitrogens with one attached hydrogen (secondary N) is 2. The average molecular weight is 246 g/mol. The SMILES string of the molecule is CCCN[Si](NC1CCCCC1)(OC)OC. The van der Waals surface area contributed by atoms with Crippen molar-refractivity contribution >= 4 is 8.88 Å². The summed E-state index contributed by atoms with van der Waals surface area (Å²) in [6, 6.07) is 0.560. The van der Waals surface area contributed by atoms with Crippen LogP contribution in [0.15, 0.2) is 0 Å². The van der Waals surface area contributed by atoms with Crippen LogP contribution in [0.1, 0.15) is 45.4 Å². The van der Waals surface area contributed by atoms with Gasteiger partial charge in [0.1, 0.15) is 0 Å². The van der Waals surface area contributed by atoms with E-state index in [1.807, 2.05) is 0 Å². The van der Waals surface area contributed by atoms with Crippen LogP contribution in [0.3, 0.4) is 0 Å². The van der Waals surface area contributed by atoms with Crippen LogP contribution < -0.4 is 9.96 Å². The van der Waals surface area contributed by atoms with Gasteiger partial charge in [0.2, 0.25) is 0 Å². The summed E-state index contributed by atoms with van der Waals surface area (Å²) in [6.07, 6.45) is 7.60. The normalized spacial score (nSPS) is 18.9. The molecule has 0 aliphatic heterocycles.